The first kappa shape index (κ1) is 42.1. The smallest absolute Gasteiger partial charge is 0.186 e. The van der Waals surface area contributed by atoms with E-state index in [-0.39, 0.29) is 49.4 Å². The SMILES string of the molecule is COC1COC(OC2CCC3(C)C(C(O)CC4(O)C3CCC3(C)C(C(C)CCC(OC5OCC(O)C(O)C5O)C(C)C)CC(O)C34)C2O)C(OC)C1O. The van der Waals surface area contributed by atoms with Gasteiger partial charge in [0.2, 0.25) is 0 Å². The Balaban J connectivity index is 1.13. The fraction of sp³-hybridized carbons (Fsp3) is 1.00. The summed E-state index contributed by atoms with van der Waals surface area (Å²) in [4.78, 5) is 0. The second kappa shape index (κ2) is 16.0. The predicted molar refractivity (Wildman–Crippen MR) is 189 cm³/mol. The summed E-state index contributed by atoms with van der Waals surface area (Å²) >= 11 is 0. The van der Waals surface area contributed by atoms with Crippen LogP contribution in [0.15, 0.2) is 0 Å². The van der Waals surface area contributed by atoms with E-state index < -0.39 is 102 Å². The Morgan fingerprint density at radius 1 is 0.717 bits per heavy atom. The monoisotopic (exact) mass is 760 g/mol. The molecular weight excluding hydrogens is 692 g/mol. The molecule has 0 bridgehead atoms. The number of aliphatic hydroxyl groups is 8. The first-order valence-electron chi connectivity index (χ1n) is 20.0. The first-order valence-corrected chi connectivity index (χ1v) is 20.0. The van der Waals surface area contributed by atoms with Gasteiger partial charge in [0, 0.05) is 32.5 Å². The lowest BCUT2D eigenvalue weighted by Gasteiger charge is -2.66. The highest BCUT2D eigenvalue weighted by Gasteiger charge is 2.72. The van der Waals surface area contributed by atoms with Crippen LogP contribution in [0.5, 0.6) is 0 Å². The summed E-state index contributed by atoms with van der Waals surface area (Å²) < 4.78 is 34.7. The summed E-state index contributed by atoms with van der Waals surface area (Å²) in [5, 5.41) is 89.7. The van der Waals surface area contributed by atoms with Crippen molar-refractivity contribution >= 4 is 0 Å². The molecule has 4 aliphatic carbocycles. The highest BCUT2D eigenvalue weighted by molar-refractivity contribution is 5.21. The second-order valence-corrected chi connectivity index (χ2v) is 18.4. The van der Waals surface area contributed by atoms with Crippen molar-refractivity contribution in [1.29, 1.82) is 0 Å². The Labute approximate surface area is 314 Å². The van der Waals surface area contributed by atoms with Crippen LogP contribution < -0.4 is 0 Å². The normalized spacial score (nSPS) is 52.8. The Morgan fingerprint density at radius 3 is 2.06 bits per heavy atom. The molecule has 21 unspecified atom stereocenters. The number of aliphatic hydroxyl groups excluding tert-OH is 7. The molecule has 6 fully saturated rings. The van der Waals surface area contributed by atoms with Gasteiger partial charge in [-0.1, -0.05) is 34.6 Å². The molecule has 0 radical (unpaired) electrons. The second-order valence-electron chi connectivity index (χ2n) is 18.4. The Bertz CT molecular complexity index is 1230. The van der Waals surface area contributed by atoms with Crippen LogP contribution in [-0.2, 0) is 28.4 Å². The highest BCUT2D eigenvalue weighted by Crippen LogP contribution is 2.70. The van der Waals surface area contributed by atoms with E-state index in [2.05, 4.69) is 20.8 Å². The number of rotatable bonds is 11. The van der Waals surface area contributed by atoms with E-state index in [1.807, 2.05) is 13.8 Å². The highest BCUT2D eigenvalue weighted by atomic mass is 16.7. The number of ether oxygens (including phenoxy) is 6. The third-order valence-electron chi connectivity index (χ3n) is 15.2. The Hall–Kier alpha value is -0.560. The average Bonchev–Trinajstić information content (AvgIpc) is 3.38. The van der Waals surface area contributed by atoms with Crippen LogP contribution >= 0.6 is 0 Å². The molecule has 14 heteroatoms. The minimum atomic E-state index is -1.36. The molecule has 14 nitrogen and oxygen atoms in total. The fourth-order valence-corrected chi connectivity index (χ4v) is 12.4. The molecule has 4 saturated carbocycles. The Morgan fingerprint density at radius 2 is 1.40 bits per heavy atom. The zero-order valence-corrected chi connectivity index (χ0v) is 32.6. The third kappa shape index (κ3) is 7.28. The van der Waals surface area contributed by atoms with E-state index in [0.717, 1.165) is 12.8 Å². The molecule has 2 heterocycles. The average molecular weight is 761 g/mol. The quantitative estimate of drug-likeness (QED) is 0.136. The van der Waals surface area contributed by atoms with Crippen LogP contribution in [0.1, 0.15) is 86.0 Å². The van der Waals surface area contributed by atoms with Gasteiger partial charge in [-0.05, 0) is 79.4 Å². The van der Waals surface area contributed by atoms with Gasteiger partial charge in [-0.25, -0.2) is 0 Å². The molecule has 0 amide bonds. The van der Waals surface area contributed by atoms with Crippen molar-refractivity contribution in [3.05, 3.63) is 0 Å². The van der Waals surface area contributed by atoms with Crippen LogP contribution in [0, 0.1) is 46.3 Å². The summed E-state index contributed by atoms with van der Waals surface area (Å²) in [5.41, 5.74) is -2.35. The number of methoxy groups -OCH3 is 2. The van der Waals surface area contributed by atoms with Crippen LogP contribution in [0.3, 0.4) is 0 Å². The lowest BCUT2D eigenvalue weighted by molar-refractivity contribution is -0.321. The minimum Gasteiger partial charge on any atom is -0.393 e. The zero-order valence-electron chi connectivity index (χ0n) is 32.6. The van der Waals surface area contributed by atoms with E-state index in [4.69, 9.17) is 28.4 Å². The van der Waals surface area contributed by atoms with Crippen LogP contribution in [-0.4, -0.2) is 154 Å². The van der Waals surface area contributed by atoms with Gasteiger partial charge in [-0.3, -0.25) is 0 Å². The van der Waals surface area contributed by atoms with Crippen molar-refractivity contribution in [2.75, 3.05) is 27.4 Å². The van der Waals surface area contributed by atoms with Gasteiger partial charge in [-0.2, -0.15) is 0 Å². The molecule has 2 saturated heterocycles. The lowest BCUT2D eigenvalue weighted by Crippen LogP contribution is -2.71. The van der Waals surface area contributed by atoms with Crippen molar-refractivity contribution in [2.45, 2.75) is 171 Å². The molecule has 0 spiro atoms. The predicted octanol–water partition coefficient (Wildman–Crippen LogP) is 0.702. The first-order chi connectivity index (χ1) is 24.9. The van der Waals surface area contributed by atoms with Crippen LogP contribution in [0.25, 0.3) is 0 Å². The topological polar surface area (TPSA) is 217 Å². The molecule has 0 aromatic carbocycles. The molecule has 8 N–H and O–H groups in total. The van der Waals surface area contributed by atoms with Crippen molar-refractivity contribution in [2.24, 2.45) is 46.3 Å². The number of hydrogen-bond donors (Lipinski definition) is 8. The van der Waals surface area contributed by atoms with Gasteiger partial charge in [-0.15, -0.1) is 0 Å². The van der Waals surface area contributed by atoms with Gasteiger partial charge >= 0.3 is 0 Å². The molecular formula is C39H68O14. The molecule has 53 heavy (non-hydrogen) atoms. The van der Waals surface area contributed by atoms with Crippen molar-refractivity contribution in [3.63, 3.8) is 0 Å². The largest absolute Gasteiger partial charge is 0.393 e. The van der Waals surface area contributed by atoms with Gasteiger partial charge < -0.3 is 69.3 Å². The molecule has 6 aliphatic rings. The standard InChI is InChI=1S/C39H68O14/c1-18(2)24(52-35-32(46)29(43)23(42)16-50-35)9-8-19(3)20-14-21(40)34-37(20,4)13-11-27-38(5)12-10-25(30(44)28(38)22(41)15-39(27,34)47)53-36-33(49-7)31(45)26(48-6)17-51-36/h18-36,40-47H,8-17H2,1-7H3. The molecule has 21 atom stereocenters. The van der Waals surface area contributed by atoms with E-state index >= 15 is 0 Å². The van der Waals surface area contributed by atoms with E-state index in [1.54, 1.807) is 0 Å². The minimum absolute atomic E-state index is 0.0442. The number of hydrogen-bond acceptors (Lipinski definition) is 14. The summed E-state index contributed by atoms with van der Waals surface area (Å²) in [6, 6.07) is 0. The Kier molecular flexibility index (Phi) is 12.7. The third-order valence-corrected chi connectivity index (χ3v) is 15.2. The summed E-state index contributed by atoms with van der Waals surface area (Å²) in [6.07, 6.45) is -7.49. The number of fused-ring (bicyclic) bond motifs is 5. The lowest BCUT2D eigenvalue weighted by atomic mass is 9.41. The summed E-state index contributed by atoms with van der Waals surface area (Å²) in [6.45, 7) is 10.5. The van der Waals surface area contributed by atoms with Crippen LogP contribution in [0.4, 0.5) is 0 Å². The van der Waals surface area contributed by atoms with Crippen molar-refractivity contribution < 1.29 is 69.3 Å². The maximum Gasteiger partial charge on any atom is 0.186 e. The molecule has 308 valence electrons. The van der Waals surface area contributed by atoms with Gasteiger partial charge in [0.05, 0.1) is 49.3 Å². The van der Waals surface area contributed by atoms with Gasteiger partial charge in [0.1, 0.15) is 36.6 Å². The van der Waals surface area contributed by atoms with Gasteiger partial charge in [0.25, 0.3) is 0 Å². The van der Waals surface area contributed by atoms with E-state index in [1.165, 1.54) is 14.2 Å². The molecule has 0 aromatic heterocycles. The maximum absolute atomic E-state index is 12.9. The fourth-order valence-electron chi connectivity index (χ4n) is 12.4. The summed E-state index contributed by atoms with van der Waals surface area (Å²) in [5.74, 6) is -0.926. The van der Waals surface area contributed by atoms with Gasteiger partial charge in [0.15, 0.2) is 12.6 Å². The van der Waals surface area contributed by atoms with Crippen molar-refractivity contribution in [1.82, 2.24) is 0 Å². The zero-order chi connectivity index (χ0) is 38.8. The van der Waals surface area contributed by atoms with Crippen molar-refractivity contribution in [3.8, 4) is 0 Å². The van der Waals surface area contributed by atoms with E-state index in [9.17, 15) is 40.9 Å². The molecule has 6 rings (SSSR count). The molecule has 2 aliphatic heterocycles. The maximum atomic E-state index is 12.9. The van der Waals surface area contributed by atoms with Crippen LogP contribution in [0.2, 0.25) is 0 Å². The summed E-state index contributed by atoms with van der Waals surface area (Å²) in [7, 11) is 2.95. The van der Waals surface area contributed by atoms with E-state index in [0.29, 0.717) is 32.1 Å². The molecule has 0 aromatic rings.